The Bertz CT molecular complexity index is 557. The maximum Gasteiger partial charge on any atom is 0.0591 e. The highest BCUT2D eigenvalue weighted by atomic mass is 15.0. The third kappa shape index (κ3) is 2.16. The molecule has 2 atom stereocenters. The van der Waals surface area contributed by atoms with Crippen LogP contribution in [0.4, 0.5) is 0 Å². The first-order valence-corrected chi connectivity index (χ1v) is 7.66. The van der Waals surface area contributed by atoms with Gasteiger partial charge in [0.2, 0.25) is 0 Å². The summed E-state index contributed by atoms with van der Waals surface area (Å²) in [5.41, 5.74) is 5.61. The number of hydrogen-bond acceptors (Lipinski definition) is 1. The van der Waals surface area contributed by atoms with Crippen LogP contribution in [0, 0.1) is 5.92 Å². The molecule has 2 aromatic rings. The van der Waals surface area contributed by atoms with Crippen LogP contribution in [-0.4, -0.2) is 6.04 Å². The molecule has 0 bridgehead atoms. The van der Waals surface area contributed by atoms with Crippen LogP contribution in [0.25, 0.3) is 11.1 Å². The van der Waals surface area contributed by atoms with E-state index < -0.39 is 0 Å². The molecule has 0 aliphatic heterocycles. The van der Waals surface area contributed by atoms with Gasteiger partial charge < -0.3 is 5.32 Å². The van der Waals surface area contributed by atoms with E-state index in [1.807, 2.05) is 0 Å². The molecule has 1 nitrogen and oxygen atoms in total. The summed E-state index contributed by atoms with van der Waals surface area (Å²) in [7, 11) is 0. The fraction of sp³-hybridized carbons (Fsp3) is 0.368. The summed E-state index contributed by atoms with van der Waals surface area (Å²) in [5, 5.41) is 3.84. The quantitative estimate of drug-likeness (QED) is 0.838. The zero-order valence-corrected chi connectivity index (χ0v) is 12.6. The molecule has 2 aromatic carbocycles. The monoisotopic (exact) mass is 265 g/mol. The van der Waals surface area contributed by atoms with Crippen molar-refractivity contribution in [1.29, 1.82) is 0 Å². The highest BCUT2D eigenvalue weighted by Gasteiger charge is 2.29. The molecule has 20 heavy (non-hydrogen) atoms. The van der Waals surface area contributed by atoms with E-state index in [1.54, 1.807) is 0 Å². The van der Waals surface area contributed by atoms with E-state index in [1.165, 1.54) is 28.7 Å². The van der Waals surface area contributed by atoms with Crippen molar-refractivity contribution < 1.29 is 0 Å². The minimum absolute atomic E-state index is 0.339. The molecule has 0 spiro atoms. The standard InChI is InChI=1S/C19H23N/c1-4-13(2)14(3)20-19-17-11-7-5-9-15(17)16-10-6-8-12-18(16)19/h5-14,19-20H,4H2,1-3H3. The second kappa shape index (κ2) is 5.41. The maximum atomic E-state index is 3.84. The van der Waals surface area contributed by atoms with E-state index in [9.17, 15) is 0 Å². The summed E-state index contributed by atoms with van der Waals surface area (Å²) < 4.78 is 0. The zero-order chi connectivity index (χ0) is 14.1. The molecule has 1 N–H and O–H groups in total. The largest absolute Gasteiger partial charge is 0.303 e. The molecule has 0 saturated heterocycles. The molecule has 0 aromatic heterocycles. The lowest BCUT2D eigenvalue weighted by molar-refractivity contribution is 0.371. The lowest BCUT2D eigenvalue weighted by atomic mass is 9.97. The Morgan fingerprint density at radius 2 is 1.40 bits per heavy atom. The van der Waals surface area contributed by atoms with Crippen molar-refractivity contribution in [2.75, 3.05) is 0 Å². The Morgan fingerprint density at radius 1 is 0.900 bits per heavy atom. The van der Waals surface area contributed by atoms with Crippen molar-refractivity contribution in [1.82, 2.24) is 5.32 Å². The summed E-state index contributed by atoms with van der Waals surface area (Å²) in [6.07, 6.45) is 1.21. The average molecular weight is 265 g/mol. The molecule has 0 fully saturated rings. The van der Waals surface area contributed by atoms with Gasteiger partial charge in [0.1, 0.15) is 0 Å². The summed E-state index contributed by atoms with van der Waals surface area (Å²) in [6, 6.07) is 18.4. The lowest BCUT2D eigenvalue weighted by Gasteiger charge is -2.25. The van der Waals surface area contributed by atoms with Crippen molar-refractivity contribution >= 4 is 0 Å². The molecule has 0 heterocycles. The van der Waals surface area contributed by atoms with E-state index in [0.29, 0.717) is 18.0 Å². The Morgan fingerprint density at radius 3 is 1.90 bits per heavy atom. The summed E-state index contributed by atoms with van der Waals surface area (Å²) in [4.78, 5) is 0. The Hall–Kier alpha value is -1.60. The van der Waals surface area contributed by atoms with Gasteiger partial charge in [-0.25, -0.2) is 0 Å². The molecule has 1 heteroatoms. The van der Waals surface area contributed by atoms with Gasteiger partial charge in [0, 0.05) is 6.04 Å². The fourth-order valence-corrected chi connectivity index (χ4v) is 3.12. The van der Waals surface area contributed by atoms with E-state index in [4.69, 9.17) is 0 Å². The third-order valence-corrected chi connectivity index (χ3v) is 4.76. The van der Waals surface area contributed by atoms with Crippen molar-refractivity contribution in [3.63, 3.8) is 0 Å². The summed E-state index contributed by atoms with van der Waals surface area (Å²) >= 11 is 0. The number of hydrogen-bond donors (Lipinski definition) is 1. The number of nitrogens with one attached hydrogen (secondary N) is 1. The summed E-state index contributed by atoms with van der Waals surface area (Å²) in [5.74, 6) is 0.690. The van der Waals surface area contributed by atoms with Gasteiger partial charge in [-0.1, -0.05) is 68.8 Å². The lowest BCUT2D eigenvalue weighted by Crippen LogP contribution is -2.34. The minimum Gasteiger partial charge on any atom is -0.303 e. The highest BCUT2D eigenvalue weighted by molar-refractivity contribution is 5.78. The van der Waals surface area contributed by atoms with E-state index in [0.717, 1.165) is 0 Å². The molecule has 3 rings (SSSR count). The van der Waals surface area contributed by atoms with Gasteiger partial charge in [-0.05, 0) is 35.1 Å². The van der Waals surface area contributed by atoms with Crippen LogP contribution in [-0.2, 0) is 0 Å². The molecule has 1 aliphatic carbocycles. The molecule has 0 saturated carbocycles. The molecule has 0 radical (unpaired) electrons. The van der Waals surface area contributed by atoms with Crippen LogP contribution in [0.2, 0.25) is 0 Å². The van der Waals surface area contributed by atoms with E-state index in [2.05, 4.69) is 74.6 Å². The maximum absolute atomic E-state index is 3.84. The SMILES string of the molecule is CCC(C)C(C)NC1c2ccccc2-c2ccccc21. The minimum atomic E-state index is 0.339. The van der Waals surface area contributed by atoms with Crippen LogP contribution in [0.15, 0.2) is 48.5 Å². The Balaban J connectivity index is 1.99. The predicted molar refractivity (Wildman–Crippen MR) is 85.8 cm³/mol. The van der Waals surface area contributed by atoms with Crippen LogP contribution in [0.1, 0.15) is 44.4 Å². The van der Waals surface area contributed by atoms with Gasteiger partial charge in [-0.15, -0.1) is 0 Å². The molecule has 104 valence electrons. The van der Waals surface area contributed by atoms with Gasteiger partial charge in [-0.3, -0.25) is 0 Å². The van der Waals surface area contributed by atoms with Crippen LogP contribution in [0.3, 0.4) is 0 Å². The first kappa shape index (κ1) is 13.4. The van der Waals surface area contributed by atoms with Crippen molar-refractivity contribution in [3.8, 4) is 11.1 Å². The number of benzene rings is 2. The molecule has 1 aliphatic rings. The summed E-state index contributed by atoms with van der Waals surface area (Å²) in [6.45, 7) is 6.89. The molecule has 2 unspecified atom stereocenters. The van der Waals surface area contributed by atoms with Gasteiger partial charge in [0.25, 0.3) is 0 Å². The average Bonchev–Trinajstić information content (AvgIpc) is 2.81. The van der Waals surface area contributed by atoms with Gasteiger partial charge >= 0.3 is 0 Å². The predicted octanol–water partition coefficient (Wildman–Crippen LogP) is 4.78. The number of rotatable bonds is 4. The van der Waals surface area contributed by atoms with Crippen molar-refractivity contribution in [3.05, 3.63) is 59.7 Å². The van der Waals surface area contributed by atoms with Crippen LogP contribution < -0.4 is 5.32 Å². The first-order valence-electron chi connectivity index (χ1n) is 7.66. The smallest absolute Gasteiger partial charge is 0.0591 e. The zero-order valence-electron chi connectivity index (χ0n) is 12.6. The van der Waals surface area contributed by atoms with Gasteiger partial charge in [-0.2, -0.15) is 0 Å². The fourth-order valence-electron chi connectivity index (χ4n) is 3.12. The van der Waals surface area contributed by atoms with E-state index in [-0.39, 0.29) is 0 Å². The first-order chi connectivity index (χ1) is 9.72. The second-order valence-corrected chi connectivity index (χ2v) is 5.95. The Labute approximate surface area is 122 Å². The topological polar surface area (TPSA) is 12.0 Å². The van der Waals surface area contributed by atoms with Crippen LogP contribution in [0.5, 0.6) is 0 Å². The van der Waals surface area contributed by atoms with Gasteiger partial charge in [0.05, 0.1) is 6.04 Å². The highest BCUT2D eigenvalue weighted by Crippen LogP contribution is 2.43. The molecular weight excluding hydrogens is 242 g/mol. The van der Waals surface area contributed by atoms with Crippen LogP contribution >= 0.6 is 0 Å². The Kier molecular flexibility index (Phi) is 3.62. The second-order valence-electron chi connectivity index (χ2n) is 5.95. The van der Waals surface area contributed by atoms with Crippen molar-refractivity contribution in [2.45, 2.75) is 39.3 Å². The molecular formula is C19H23N. The van der Waals surface area contributed by atoms with Gasteiger partial charge in [0.15, 0.2) is 0 Å². The normalized spacial score (nSPS) is 16.6. The van der Waals surface area contributed by atoms with Crippen molar-refractivity contribution in [2.24, 2.45) is 5.92 Å². The van der Waals surface area contributed by atoms with E-state index >= 15 is 0 Å². The third-order valence-electron chi connectivity index (χ3n) is 4.76. The molecule has 0 amide bonds. The number of fused-ring (bicyclic) bond motifs is 3.